The van der Waals surface area contributed by atoms with Crippen LogP contribution in [0.2, 0.25) is 0 Å². The van der Waals surface area contributed by atoms with Gasteiger partial charge in [0.2, 0.25) is 0 Å². The maximum atomic E-state index is 10.1. The Labute approximate surface area is 863 Å². The number of anilines is 4. The van der Waals surface area contributed by atoms with Crippen molar-refractivity contribution in [3.05, 3.63) is 473 Å². The van der Waals surface area contributed by atoms with E-state index in [-0.39, 0.29) is 75.8 Å². The molecule has 0 spiro atoms. The Morgan fingerprint density at radius 1 is 0.167 bits per heavy atom. The molecule has 0 heterocycles. The minimum atomic E-state index is 0. The number of nitrogens with zero attached hydrogens (tertiary/aromatic N) is 20. The zero-order chi connectivity index (χ0) is 94.3. The number of phenolic OH excluding ortho intramolecular Hbond substituents is 2. The summed E-state index contributed by atoms with van der Waals surface area (Å²) < 4.78 is 12.6. The number of nitrogen functional groups attached to an aromatic ring is 4. The first-order chi connectivity index (χ1) is 65.8. The van der Waals surface area contributed by atoms with Crippen molar-refractivity contribution in [1.82, 2.24) is 0 Å². The summed E-state index contributed by atoms with van der Waals surface area (Å²) in [4.78, 5) is 0. The van der Waals surface area contributed by atoms with Crippen molar-refractivity contribution in [2.24, 2.45) is 100 Å². The molecule has 680 valence electrons. The van der Waals surface area contributed by atoms with Gasteiger partial charge in [0.15, 0.2) is 0 Å². The van der Waals surface area contributed by atoms with Gasteiger partial charge in [0, 0.05) is 28.1 Å². The number of azo groups is 6. The number of fused-ring (bicyclic) bond motifs is 2. The van der Waals surface area contributed by atoms with Gasteiger partial charge in [-0.2, -0.15) is 56.3 Å². The molecule has 0 aliphatic rings. The molecular formula is C104H90Cl4N24Na2O4. The SMILES string of the molecule is ClN=Nc1ccc(N=Nc2ccccc2)cc1.ClN=Nc1ccc(N=Nc2ccccc2)cc1.ClN=Nc1ccccc1.ClN=Nc1ccccc1.Nc1ccc(N=Nc2ccccc2)cc1.Nc1ccc(N=Nc2ccccc2)cc1.Nc1ccccc1.Nc1ccccc1.Oc1ccc2ccccc2c1.Oc1ccc2ccccc2c1N=Nc1ccc(N=Nc2ccccc2)cc1.[Na+].[Na+].[OH-].[OH-]. The minimum absolute atomic E-state index is 0. The number of aromatic hydroxyl groups is 2. The van der Waals surface area contributed by atoms with Crippen LogP contribution < -0.4 is 82.0 Å². The molecule has 0 fully saturated rings. The minimum Gasteiger partial charge on any atom is -0.870 e. The number of rotatable bonds is 16. The van der Waals surface area contributed by atoms with E-state index < -0.39 is 0 Å². The van der Waals surface area contributed by atoms with E-state index in [2.05, 4.69) is 100 Å². The van der Waals surface area contributed by atoms with Crippen LogP contribution >= 0.6 is 47.1 Å². The summed E-state index contributed by atoms with van der Waals surface area (Å²) in [5.74, 6) is 0.425. The average molecular weight is 1930 g/mol. The normalized spacial score (nSPS) is 10.4. The molecule has 0 amide bonds. The summed E-state index contributed by atoms with van der Waals surface area (Å²) in [6.07, 6.45) is 0. The molecule has 18 rings (SSSR count). The van der Waals surface area contributed by atoms with Gasteiger partial charge in [0.1, 0.15) is 17.2 Å². The fraction of sp³-hybridized carbons (Fsp3) is 0. The third-order valence-electron chi connectivity index (χ3n) is 17.1. The van der Waals surface area contributed by atoms with Gasteiger partial charge < -0.3 is 44.1 Å². The zero-order valence-electron chi connectivity index (χ0n) is 74.6. The molecule has 0 unspecified atom stereocenters. The standard InChI is InChI=1S/C22H16N4O.2C12H9ClN4.2C12H11N3.C10H8O.2C6H5ClN2.2C6H7N.2Na.2H2O/c27-21-15-10-16-6-4-5-9-20(16)22(21)26-25-19-13-11-18(12-14-19)24-23-17-7-2-1-3-8-17;2*13-17-16-12-8-6-11(7-9-12)15-14-10-4-2-1-3-5-10;2*13-10-6-8-12(9-7-10)15-14-11-4-2-1-3-5-11;11-10-6-5-8-3-1-2-4-9(8)7-10;2*7-9-8-6-4-2-1-3-5-6;2*7-6-4-2-1-3-5-6;;;;/h1-15,27H;2*1-9H;2*1-9H,13H2;1-7,11H;2*1-5H;2*1-5H,7H2;;;2*1H2/q;;;;;;;;;;2*+1;;/p-2. The predicted molar refractivity (Wildman–Crippen MR) is 549 cm³/mol. The van der Waals surface area contributed by atoms with Crippen LogP contribution in [0.4, 0.5) is 114 Å². The van der Waals surface area contributed by atoms with E-state index in [1.165, 1.54) is 0 Å². The van der Waals surface area contributed by atoms with Gasteiger partial charge >= 0.3 is 59.1 Å². The van der Waals surface area contributed by atoms with Crippen LogP contribution in [0.1, 0.15) is 0 Å². The van der Waals surface area contributed by atoms with E-state index in [4.69, 9.17) is 75.1 Å². The van der Waals surface area contributed by atoms with Gasteiger partial charge in [-0.15, -0.1) is 25.6 Å². The fourth-order valence-corrected chi connectivity index (χ4v) is 10.9. The number of phenols is 2. The summed E-state index contributed by atoms with van der Waals surface area (Å²) in [6, 6.07) is 146. The Kier molecular flexibility index (Phi) is 55.9. The summed E-state index contributed by atoms with van der Waals surface area (Å²) in [5, 5.41) is 87.5. The molecule has 0 aromatic heterocycles. The number of hydrogen-bond donors (Lipinski definition) is 6. The molecule has 34 heteroatoms. The molecular weight excluding hydrogens is 1840 g/mol. The molecule has 0 saturated heterocycles. The first-order valence-electron chi connectivity index (χ1n) is 40.7. The molecule has 18 aromatic carbocycles. The van der Waals surface area contributed by atoms with E-state index in [0.717, 1.165) is 113 Å². The van der Waals surface area contributed by atoms with Gasteiger partial charge in [-0.05, 0) is 265 Å². The van der Waals surface area contributed by atoms with E-state index in [9.17, 15) is 5.11 Å². The van der Waals surface area contributed by atoms with Crippen LogP contribution in [0.25, 0.3) is 21.5 Å². The van der Waals surface area contributed by atoms with Crippen LogP contribution in [-0.2, 0) is 0 Å². The van der Waals surface area contributed by atoms with Crippen molar-refractivity contribution in [2.45, 2.75) is 0 Å². The Balaban J connectivity index is 0.000000277. The number of nitrogens with two attached hydrogens (primary N) is 4. The molecule has 0 saturated carbocycles. The molecule has 12 N–H and O–H groups in total. The maximum absolute atomic E-state index is 10.1. The van der Waals surface area contributed by atoms with Crippen LogP contribution in [0, 0.1) is 0 Å². The van der Waals surface area contributed by atoms with Crippen LogP contribution in [-0.4, -0.2) is 21.2 Å². The van der Waals surface area contributed by atoms with E-state index in [0.29, 0.717) is 28.5 Å². The van der Waals surface area contributed by atoms with Gasteiger partial charge in [-0.3, -0.25) is 0 Å². The molecule has 138 heavy (non-hydrogen) atoms. The molecule has 18 aromatic rings. The van der Waals surface area contributed by atoms with Crippen LogP contribution in [0.15, 0.2) is 574 Å². The van der Waals surface area contributed by atoms with Crippen molar-refractivity contribution in [3.8, 4) is 11.5 Å². The number of benzene rings is 18. The first kappa shape index (κ1) is 113. The van der Waals surface area contributed by atoms with E-state index in [1.54, 1.807) is 91.0 Å². The number of hydrogen-bond acceptors (Lipinski definition) is 28. The van der Waals surface area contributed by atoms with Gasteiger partial charge in [-0.25, -0.2) is 0 Å². The Bertz CT molecular complexity index is 6420. The molecule has 0 radical (unpaired) electrons. The fourth-order valence-electron chi connectivity index (χ4n) is 10.6. The molecule has 0 atom stereocenters. The Morgan fingerprint density at radius 2 is 0.348 bits per heavy atom. The Morgan fingerprint density at radius 3 is 0.594 bits per heavy atom. The zero-order valence-corrected chi connectivity index (χ0v) is 81.6. The van der Waals surface area contributed by atoms with E-state index in [1.807, 2.05) is 382 Å². The van der Waals surface area contributed by atoms with Gasteiger partial charge in [0.05, 0.1) is 132 Å². The second-order valence-corrected chi connectivity index (χ2v) is 27.6. The largest absolute Gasteiger partial charge is 1.00 e. The third-order valence-corrected chi connectivity index (χ3v) is 17.4. The van der Waals surface area contributed by atoms with Crippen molar-refractivity contribution < 1.29 is 80.3 Å². The average Bonchev–Trinajstić information content (AvgIpc) is 0.807. The van der Waals surface area contributed by atoms with Gasteiger partial charge in [-0.1, -0.05) is 243 Å². The van der Waals surface area contributed by atoms with Crippen molar-refractivity contribution in [2.75, 3.05) is 22.9 Å². The van der Waals surface area contributed by atoms with Crippen molar-refractivity contribution >= 4 is 182 Å². The van der Waals surface area contributed by atoms with Crippen LogP contribution in [0.5, 0.6) is 11.5 Å². The van der Waals surface area contributed by atoms with Crippen LogP contribution in [0.3, 0.4) is 0 Å². The van der Waals surface area contributed by atoms with E-state index >= 15 is 0 Å². The predicted octanol–water partition coefficient (Wildman–Crippen LogP) is 30.0. The smallest absolute Gasteiger partial charge is 0.870 e. The maximum Gasteiger partial charge on any atom is 1.00 e. The van der Waals surface area contributed by atoms with Crippen molar-refractivity contribution in [1.29, 1.82) is 0 Å². The quantitative estimate of drug-likeness (QED) is 0.0306. The Hall–Kier alpha value is -15.6. The molecule has 28 nitrogen and oxygen atoms in total. The summed E-state index contributed by atoms with van der Waals surface area (Å²) in [7, 11) is 0. The third kappa shape index (κ3) is 46.3. The molecule has 0 aliphatic heterocycles. The summed E-state index contributed by atoms with van der Waals surface area (Å²) in [6.45, 7) is 0. The molecule has 0 bridgehead atoms. The number of halogens is 4. The molecule has 0 aliphatic carbocycles. The summed E-state index contributed by atoms with van der Waals surface area (Å²) in [5.41, 5.74) is 36.9. The topological polar surface area (TPSA) is 452 Å². The number of para-hydroxylation sites is 2. The summed E-state index contributed by atoms with van der Waals surface area (Å²) >= 11 is 20.3. The monoisotopic (exact) mass is 1920 g/mol. The first-order valence-corrected chi connectivity index (χ1v) is 42.1. The van der Waals surface area contributed by atoms with Crippen molar-refractivity contribution in [3.63, 3.8) is 0 Å². The van der Waals surface area contributed by atoms with Gasteiger partial charge in [0.25, 0.3) is 0 Å². The second kappa shape index (κ2) is 68.4. The second-order valence-electron chi connectivity index (χ2n) is 27.0.